The van der Waals surface area contributed by atoms with Gasteiger partial charge in [-0.2, -0.15) is 4.98 Å². The number of aryl methyl sites for hydroxylation is 1. The summed E-state index contributed by atoms with van der Waals surface area (Å²) in [5.74, 6) is 1.54. The first-order chi connectivity index (χ1) is 10.1. The van der Waals surface area contributed by atoms with Crippen LogP contribution in [0.1, 0.15) is 44.7 Å². The molecule has 1 heterocycles. The topological polar surface area (TPSA) is 93.0 Å². The Balaban J connectivity index is 2.09. The van der Waals surface area contributed by atoms with Crippen LogP contribution in [-0.2, 0) is 0 Å². The summed E-state index contributed by atoms with van der Waals surface area (Å²) in [6, 6.07) is 0. The van der Waals surface area contributed by atoms with Gasteiger partial charge in [-0.05, 0) is 25.7 Å². The Kier molecular flexibility index (Phi) is 5.30. The lowest BCUT2D eigenvalue weighted by Gasteiger charge is -2.25. The molecule has 1 aromatic rings. The summed E-state index contributed by atoms with van der Waals surface area (Å²) in [5.41, 5.74) is 0.366. The average Bonchev–Trinajstić information content (AvgIpc) is 2.38. The van der Waals surface area contributed by atoms with E-state index in [-0.39, 0.29) is 5.69 Å². The van der Waals surface area contributed by atoms with Crippen molar-refractivity contribution in [2.24, 2.45) is 5.92 Å². The van der Waals surface area contributed by atoms with Crippen LogP contribution in [0, 0.1) is 23.0 Å². The maximum atomic E-state index is 11.2. The molecule has 2 rings (SSSR count). The Morgan fingerprint density at radius 2 is 2.05 bits per heavy atom. The van der Waals surface area contributed by atoms with Gasteiger partial charge in [0.25, 0.3) is 0 Å². The maximum Gasteiger partial charge on any atom is 0.332 e. The van der Waals surface area contributed by atoms with E-state index in [9.17, 15) is 10.1 Å². The van der Waals surface area contributed by atoms with Crippen LogP contribution in [0.25, 0.3) is 0 Å². The molecule has 1 aliphatic rings. The highest BCUT2D eigenvalue weighted by atomic mass is 16.6. The third kappa shape index (κ3) is 4.03. The largest absolute Gasteiger partial charge is 0.364 e. The van der Waals surface area contributed by atoms with Crippen molar-refractivity contribution in [3.8, 4) is 0 Å². The number of nitro groups is 1. The highest BCUT2D eigenvalue weighted by molar-refractivity contribution is 5.60. The molecule has 7 nitrogen and oxygen atoms in total. The number of aromatic nitrogens is 2. The Morgan fingerprint density at radius 1 is 1.29 bits per heavy atom. The normalized spacial score (nSPS) is 14.6. The molecule has 7 heteroatoms. The number of hydrogen-bond acceptors (Lipinski definition) is 6. The molecule has 0 unspecified atom stereocenters. The number of nitrogens with one attached hydrogen (secondary N) is 2. The SMILES string of the molecule is CCCNc1nc(C)c([N+](=O)[O-])c(NCCC2CCC2)n1. The van der Waals surface area contributed by atoms with Crippen LogP contribution in [0.3, 0.4) is 0 Å². The molecule has 116 valence electrons. The van der Waals surface area contributed by atoms with Crippen LogP contribution < -0.4 is 10.6 Å². The Labute approximate surface area is 124 Å². The minimum atomic E-state index is -0.412. The van der Waals surface area contributed by atoms with Gasteiger partial charge in [-0.3, -0.25) is 10.1 Å². The van der Waals surface area contributed by atoms with Crippen LogP contribution in [0.4, 0.5) is 17.5 Å². The monoisotopic (exact) mass is 293 g/mol. The van der Waals surface area contributed by atoms with Crippen molar-refractivity contribution in [1.82, 2.24) is 9.97 Å². The van der Waals surface area contributed by atoms with E-state index < -0.39 is 4.92 Å². The van der Waals surface area contributed by atoms with Gasteiger partial charge in [0.2, 0.25) is 11.8 Å². The van der Waals surface area contributed by atoms with Gasteiger partial charge < -0.3 is 10.6 Å². The fourth-order valence-corrected chi connectivity index (χ4v) is 2.40. The smallest absolute Gasteiger partial charge is 0.332 e. The first-order valence-corrected chi connectivity index (χ1v) is 7.62. The van der Waals surface area contributed by atoms with E-state index in [0.717, 1.165) is 31.8 Å². The van der Waals surface area contributed by atoms with Gasteiger partial charge in [0, 0.05) is 13.1 Å². The number of anilines is 2. The molecule has 0 bridgehead atoms. The summed E-state index contributed by atoms with van der Waals surface area (Å²) in [7, 11) is 0. The van der Waals surface area contributed by atoms with E-state index in [0.29, 0.717) is 17.5 Å². The van der Waals surface area contributed by atoms with E-state index in [2.05, 4.69) is 20.6 Å². The third-order valence-electron chi connectivity index (χ3n) is 3.84. The Morgan fingerprint density at radius 3 is 2.62 bits per heavy atom. The molecular weight excluding hydrogens is 270 g/mol. The second-order valence-electron chi connectivity index (χ2n) is 5.53. The second kappa shape index (κ2) is 7.19. The van der Waals surface area contributed by atoms with Crippen LogP contribution in [-0.4, -0.2) is 28.0 Å². The minimum absolute atomic E-state index is 0.0225. The van der Waals surface area contributed by atoms with Crippen molar-refractivity contribution >= 4 is 17.5 Å². The highest BCUT2D eigenvalue weighted by Crippen LogP contribution is 2.30. The van der Waals surface area contributed by atoms with Gasteiger partial charge in [0.05, 0.1) is 4.92 Å². The van der Waals surface area contributed by atoms with Crippen molar-refractivity contribution < 1.29 is 4.92 Å². The molecule has 0 spiro atoms. The van der Waals surface area contributed by atoms with Gasteiger partial charge in [0.15, 0.2) is 0 Å². The molecule has 1 fully saturated rings. The average molecular weight is 293 g/mol. The quantitative estimate of drug-likeness (QED) is 0.565. The molecule has 0 radical (unpaired) electrons. The first-order valence-electron chi connectivity index (χ1n) is 7.62. The zero-order chi connectivity index (χ0) is 15.2. The molecule has 0 saturated heterocycles. The summed E-state index contributed by atoms with van der Waals surface area (Å²) in [4.78, 5) is 19.2. The van der Waals surface area contributed by atoms with Gasteiger partial charge in [-0.15, -0.1) is 0 Å². The molecule has 2 N–H and O–H groups in total. The fourth-order valence-electron chi connectivity index (χ4n) is 2.40. The first kappa shape index (κ1) is 15.5. The van der Waals surface area contributed by atoms with Crippen LogP contribution >= 0.6 is 0 Å². The van der Waals surface area contributed by atoms with Gasteiger partial charge in [-0.25, -0.2) is 4.98 Å². The zero-order valence-electron chi connectivity index (χ0n) is 12.7. The summed E-state index contributed by atoms with van der Waals surface area (Å²) in [6.07, 6.45) is 5.84. The van der Waals surface area contributed by atoms with Crippen molar-refractivity contribution in [3.63, 3.8) is 0 Å². The Bertz CT molecular complexity index is 502. The highest BCUT2D eigenvalue weighted by Gasteiger charge is 2.23. The number of hydrogen-bond donors (Lipinski definition) is 2. The van der Waals surface area contributed by atoms with E-state index in [1.165, 1.54) is 19.3 Å². The van der Waals surface area contributed by atoms with Crippen molar-refractivity contribution in [3.05, 3.63) is 15.8 Å². The third-order valence-corrected chi connectivity index (χ3v) is 3.84. The van der Waals surface area contributed by atoms with Crippen LogP contribution in [0.15, 0.2) is 0 Å². The molecule has 0 atom stereocenters. The fraction of sp³-hybridized carbons (Fsp3) is 0.714. The summed E-state index contributed by atoms with van der Waals surface area (Å²) in [6.45, 7) is 5.16. The summed E-state index contributed by atoms with van der Waals surface area (Å²) in [5, 5.41) is 17.4. The van der Waals surface area contributed by atoms with Crippen LogP contribution in [0.2, 0.25) is 0 Å². The van der Waals surface area contributed by atoms with Crippen LogP contribution in [0.5, 0.6) is 0 Å². The molecule has 1 saturated carbocycles. The lowest BCUT2D eigenvalue weighted by Crippen LogP contribution is -2.17. The zero-order valence-corrected chi connectivity index (χ0v) is 12.7. The second-order valence-corrected chi connectivity index (χ2v) is 5.53. The minimum Gasteiger partial charge on any atom is -0.364 e. The molecule has 0 aliphatic heterocycles. The lowest BCUT2D eigenvalue weighted by atomic mass is 9.83. The molecule has 21 heavy (non-hydrogen) atoms. The van der Waals surface area contributed by atoms with Crippen molar-refractivity contribution in [2.75, 3.05) is 23.7 Å². The van der Waals surface area contributed by atoms with Gasteiger partial charge in [0.1, 0.15) is 5.69 Å². The van der Waals surface area contributed by atoms with Crippen molar-refractivity contribution in [1.29, 1.82) is 0 Å². The Hall–Kier alpha value is -1.92. The van der Waals surface area contributed by atoms with E-state index in [1.54, 1.807) is 6.92 Å². The molecule has 0 amide bonds. The van der Waals surface area contributed by atoms with E-state index >= 15 is 0 Å². The van der Waals surface area contributed by atoms with E-state index in [1.807, 2.05) is 6.92 Å². The predicted octanol–water partition coefficient (Wildman–Crippen LogP) is 3.12. The van der Waals surface area contributed by atoms with E-state index in [4.69, 9.17) is 0 Å². The molecular formula is C14H23N5O2. The maximum absolute atomic E-state index is 11.2. The summed E-state index contributed by atoms with van der Waals surface area (Å²) >= 11 is 0. The van der Waals surface area contributed by atoms with Gasteiger partial charge >= 0.3 is 5.69 Å². The number of nitrogens with zero attached hydrogens (tertiary/aromatic N) is 3. The summed E-state index contributed by atoms with van der Waals surface area (Å²) < 4.78 is 0. The predicted molar refractivity (Wildman–Crippen MR) is 82.7 cm³/mol. The molecule has 0 aromatic carbocycles. The molecule has 1 aliphatic carbocycles. The lowest BCUT2D eigenvalue weighted by molar-refractivity contribution is -0.385. The van der Waals surface area contributed by atoms with Gasteiger partial charge in [-0.1, -0.05) is 26.2 Å². The standard InChI is InChI=1S/C14H23N5O2/c1-3-8-16-14-17-10(2)12(19(20)21)13(18-14)15-9-7-11-5-4-6-11/h11H,3-9H2,1-2H3,(H2,15,16,17,18). The molecule has 1 aromatic heterocycles. The number of rotatable bonds is 8. The van der Waals surface area contributed by atoms with Crippen molar-refractivity contribution in [2.45, 2.75) is 46.0 Å².